The first kappa shape index (κ1) is 13.4. The van der Waals surface area contributed by atoms with Crippen molar-refractivity contribution >= 4 is 0 Å². The molecule has 0 saturated carbocycles. The lowest BCUT2D eigenvalue weighted by Gasteiger charge is -2.35. The van der Waals surface area contributed by atoms with Crippen LogP contribution in [0.3, 0.4) is 0 Å². The van der Waals surface area contributed by atoms with E-state index >= 15 is 0 Å². The molecule has 0 amide bonds. The van der Waals surface area contributed by atoms with E-state index in [1.54, 1.807) is 7.11 Å². The van der Waals surface area contributed by atoms with Gasteiger partial charge in [-0.1, -0.05) is 18.6 Å². The summed E-state index contributed by atoms with van der Waals surface area (Å²) in [6, 6.07) is 9.12. The molecule has 3 heteroatoms. The number of rotatable bonds is 5. The summed E-state index contributed by atoms with van der Waals surface area (Å²) in [5.74, 6) is 0.934. The number of hydrogen-bond donors (Lipinski definition) is 1. The molecule has 0 radical (unpaired) electrons. The van der Waals surface area contributed by atoms with Crippen LogP contribution < -0.4 is 10.1 Å². The fourth-order valence-electron chi connectivity index (χ4n) is 2.70. The van der Waals surface area contributed by atoms with E-state index in [0.29, 0.717) is 6.04 Å². The molecule has 1 aromatic rings. The molecule has 1 aliphatic rings. The minimum atomic E-state index is 0.686. The van der Waals surface area contributed by atoms with Gasteiger partial charge in [-0.2, -0.15) is 0 Å². The second kappa shape index (κ2) is 6.76. The van der Waals surface area contributed by atoms with Crippen molar-refractivity contribution in [2.45, 2.75) is 31.8 Å². The molecule has 18 heavy (non-hydrogen) atoms. The Bertz CT molecular complexity index is 348. The number of nitrogens with one attached hydrogen (secondary N) is 1. The Kier molecular flexibility index (Phi) is 5.02. The molecule has 100 valence electrons. The summed E-state index contributed by atoms with van der Waals surface area (Å²) < 4.78 is 5.20. The summed E-state index contributed by atoms with van der Waals surface area (Å²) in [6.07, 6.45) is 4.01. The highest BCUT2D eigenvalue weighted by molar-refractivity contribution is 5.27. The molecule has 0 spiro atoms. The summed E-state index contributed by atoms with van der Waals surface area (Å²) in [6.45, 7) is 3.37. The van der Waals surface area contributed by atoms with E-state index in [0.717, 1.165) is 18.8 Å². The van der Waals surface area contributed by atoms with E-state index in [9.17, 15) is 0 Å². The van der Waals surface area contributed by atoms with Crippen LogP contribution in [0.4, 0.5) is 0 Å². The number of hydrogen-bond acceptors (Lipinski definition) is 3. The number of methoxy groups -OCH3 is 1. The zero-order valence-electron chi connectivity index (χ0n) is 11.5. The fraction of sp³-hybridized carbons (Fsp3) is 0.600. The minimum absolute atomic E-state index is 0.686. The van der Waals surface area contributed by atoms with Crippen molar-refractivity contribution in [3.05, 3.63) is 29.8 Å². The lowest BCUT2D eigenvalue weighted by Crippen LogP contribution is -2.44. The van der Waals surface area contributed by atoms with Crippen molar-refractivity contribution in [2.24, 2.45) is 0 Å². The van der Waals surface area contributed by atoms with Gasteiger partial charge in [0.25, 0.3) is 0 Å². The van der Waals surface area contributed by atoms with E-state index in [2.05, 4.69) is 22.3 Å². The van der Waals surface area contributed by atoms with Crippen molar-refractivity contribution in [2.75, 3.05) is 27.2 Å². The molecule has 0 aromatic heterocycles. The van der Waals surface area contributed by atoms with E-state index in [4.69, 9.17) is 4.74 Å². The summed E-state index contributed by atoms with van der Waals surface area (Å²) in [7, 11) is 3.75. The van der Waals surface area contributed by atoms with Gasteiger partial charge in [0, 0.05) is 19.1 Å². The van der Waals surface area contributed by atoms with Crippen molar-refractivity contribution in [3.8, 4) is 5.75 Å². The molecule has 1 fully saturated rings. The molecule has 0 bridgehead atoms. The Labute approximate surface area is 110 Å². The maximum Gasteiger partial charge on any atom is 0.118 e. The van der Waals surface area contributed by atoms with Gasteiger partial charge in [-0.3, -0.25) is 4.90 Å². The summed E-state index contributed by atoms with van der Waals surface area (Å²) in [5, 5.41) is 3.31. The highest BCUT2D eigenvalue weighted by atomic mass is 16.5. The number of likely N-dealkylation sites (tertiary alicyclic amines) is 1. The molecule has 1 unspecified atom stereocenters. The Hall–Kier alpha value is -1.06. The highest BCUT2D eigenvalue weighted by Crippen LogP contribution is 2.20. The number of likely N-dealkylation sites (N-methyl/N-ethyl adjacent to an activating group) is 1. The number of nitrogens with zero attached hydrogens (tertiary/aromatic N) is 1. The lowest BCUT2D eigenvalue weighted by molar-refractivity contribution is 0.139. The van der Waals surface area contributed by atoms with Crippen molar-refractivity contribution in [1.82, 2.24) is 10.2 Å². The average molecular weight is 248 g/mol. The van der Waals surface area contributed by atoms with Gasteiger partial charge in [0.1, 0.15) is 5.75 Å². The number of ether oxygens (including phenoxy) is 1. The average Bonchev–Trinajstić information content (AvgIpc) is 2.42. The van der Waals surface area contributed by atoms with Crippen LogP contribution in [0.1, 0.15) is 24.8 Å². The van der Waals surface area contributed by atoms with Gasteiger partial charge in [-0.25, -0.2) is 0 Å². The van der Waals surface area contributed by atoms with Gasteiger partial charge in [0.15, 0.2) is 0 Å². The smallest absolute Gasteiger partial charge is 0.118 e. The second-order valence-corrected chi connectivity index (χ2v) is 5.03. The highest BCUT2D eigenvalue weighted by Gasteiger charge is 2.21. The molecule has 1 aromatic carbocycles. The Balaban J connectivity index is 1.96. The van der Waals surface area contributed by atoms with Gasteiger partial charge in [0.2, 0.25) is 0 Å². The predicted molar refractivity (Wildman–Crippen MR) is 75.0 cm³/mol. The van der Waals surface area contributed by atoms with Gasteiger partial charge in [-0.15, -0.1) is 0 Å². The molecule has 1 aliphatic heterocycles. The SMILES string of the molecule is CNCC1CCCCN1Cc1ccc(OC)cc1. The zero-order chi connectivity index (χ0) is 12.8. The van der Waals surface area contributed by atoms with E-state index in [-0.39, 0.29) is 0 Å². The molecular weight excluding hydrogens is 224 g/mol. The minimum Gasteiger partial charge on any atom is -0.497 e. The molecular formula is C15H24N2O. The topological polar surface area (TPSA) is 24.5 Å². The van der Waals surface area contributed by atoms with Crippen LogP contribution in [0, 0.1) is 0 Å². The third kappa shape index (κ3) is 3.47. The normalized spacial score (nSPS) is 20.9. The maximum atomic E-state index is 5.20. The summed E-state index contributed by atoms with van der Waals surface area (Å²) in [5.41, 5.74) is 1.37. The Morgan fingerprint density at radius 3 is 2.72 bits per heavy atom. The van der Waals surface area contributed by atoms with Crippen LogP contribution >= 0.6 is 0 Å². The molecule has 1 atom stereocenters. The van der Waals surface area contributed by atoms with Crippen LogP contribution in [-0.2, 0) is 6.54 Å². The van der Waals surface area contributed by atoms with Crippen LogP contribution in [0.15, 0.2) is 24.3 Å². The molecule has 1 heterocycles. The maximum absolute atomic E-state index is 5.20. The van der Waals surface area contributed by atoms with Crippen LogP contribution in [0.5, 0.6) is 5.75 Å². The number of piperidine rings is 1. The fourth-order valence-corrected chi connectivity index (χ4v) is 2.70. The first-order valence-corrected chi connectivity index (χ1v) is 6.85. The third-order valence-electron chi connectivity index (χ3n) is 3.73. The van der Waals surface area contributed by atoms with Gasteiger partial charge >= 0.3 is 0 Å². The van der Waals surface area contributed by atoms with E-state index < -0.39 is 0 Å². The van der Waals surface area contributed by atoms with Gasteiger partial charge < -0.3 is 10.1 Å². The quantitative estimate of drug-likeness (QED) is 0.865. The first-order chi connectivity index (χ1) is 8.83. The van der Waals surface area contributed by atoms with Crippen LogP contribution in [0.25, 0.3) is 0 Å². The predicted octanol–water partition coefficient (Wildman–Crippen LogP) is 2.27. The second-order valence-electron chi connectivity index (χ2n) is 5.03. The molecule has 0 aliphatic carbocycles. The summed E-state index contributed by atoms with van der Waals surface area (Å²) >= 11 is 0. The van der Waals surface area contributed by atoms with Crippen molar-refractivity contribution < 1.29 is 4.74 Å². The molecule has 1 saturated heterocycles. The van der Waals surface area contributed by atoms with Gasteiger partial charge in [0.05, 0.1) is 7.11 Å². The zero-order valence-corrected chi connectivity index (χ0v) is 11.5. The largest absolute Gasteiger partial charge is 0.497 e. The van der Waals surface area contributed by atoms with Crippen LogP contribution in [0.2, 0.25) is 0 Å². The Morgan fingerprint density at radius 2 is 2.06 bits per heavy atom. The van der Waals surface area contributed by atoms with Gasteiger partial charge in [-0.05, 0) is 44.1 Å². The van der Waals surface area contributed by atoms with Crippen molar-refractivity contribution in [1.29, 1.82) is 0 Å². The monoisotopic (exact) mass is 248 g/mol. The first-order valence-electron chi connectivity index (χ1n) is 6.85. The molecule has 3 nitrogen and oxygen atoms in total. The van der Waals surface area contributed by atoms with Crippen molar-refractivity contribution in [3.63, 3.8) is 0 Å². The summed E-state index contributed by atoms with van der Waals surface area (Å²) in [4.78, 5) is 2.60. The molecule has 2 rings (SSSR count). The van der Waals surface area contributed by atoms with E-state index in [1.165, 1.54) is 31.4 Å². The van der Waals surface area contributed by atoms with E-state index in [1.807, 2.05) is 19.2 Å². The third-order valence-corrected chi connectivity index (χ3v) is 3.73. The number of benzene rings is 1. The lowest BCUT2D eigenvalue weighted by atomic mass is 10.0. The van der Waals surface area contributed by atoms with Crippen LogP contribution in [-0.4, -0.2) is 38.2 Å². The molecule has 1 N–H and O–H groups in total. The standard InChI is InChI=1S/C15H24N2O/c1-16-11-14-5-3-4-10-17(14)12-13-6-8-15(18-2)9-7-13/h6-9,14,16H,3-5,10-12H2,1-2H3. The Morgan fingerprint density at radius 1 is 1.28 bits per heavy atom.